The minimum Gasteiger partial charge on any atom is -0.394 e. The number of carbonyl (C=O) groups excluding carboxylic acids is 2. The first-order valence-corrected chi connectivity index (χ1v) is 8.07. The highest BCUT2D eigenvalue weighted by atomic mass is 79.9. The highest BCUT2D eigenvalue weighted by molar-refractivity contribution is 9.10. The summed E-state index contributed by atoms with van der Waals surface area (Å²) in [5.41, 5.74) is 0.141. The van der Waals surface area contributed by atoms with Crippen molar-refractivity contribution in [2.45, 2.75) is 38.1 Å². The maximum absolute atomic E-state index is 12.7. The Morgan fingerprint density at radius 3 is 2.48 bits per heavy atom. The minimum absolute atomic E-state index is 0.160. The largest absolute Gasteiger partial charge is 0.394 e. The van der Waals surface area contributed by atoms with Crippen LogP contribution >= 0.6 is 15.9 Å². The quantitative estimate of drug-likeness (QED) is 0.833. The molecule has 3 rings (SSSR count). The molecule has 112 valence electrons. The maximum Gasteiger partial charge on any atom is 0.262 e. The lowest BCUT2D eigenvalue weighted by atomic mass is 9.76. The molecule has 2 aliphatic rings. The summed E-state index contributed by atoms with van der Waals surface area (Å²) in [5.74, 6) is 0.0278. The average Bonchev–Trinajstić information content (AvgIpc) is 2.73. The summed E-state index contributed by atoms with van der Waals surface area (Å²) in [5, 5.41) is 9.90. The number of fused-ring (bicyclic) bond motifs is 1. The number of hydrogen-bond donors (Lipinski definition) is 1. The molecular weight excluding hydrogens is 334 g/mol. The van der Waals surface area contributed by atoms with E-state index < -0.39 is 5.54 Å². The second-order valence-corrected chi connectivity index (χ2v) is 7.12. The van der Waals surface area contributed by atoms with Crippen LogP contribution in [0.25, 0.3) is 0 Å². The Morgan fingerprint density at radius 1 is 1.24 bits per heavy atom. The van der Waals surface area contributed by atoms with E-state index in [1.807, 2.05) is 0 Å². The Labute approximate surface area is 132 Å². The molecule has 1 aromatic carbocycles. The van der Waals surface area contributed by atoms with Gasteiger partial charge >= 0.3 is 0 Å². The zero-order valence-electron chi connectivity index (χ0n) is 11.9. The van der Waals surface area contributed by atoms with Gasteiger partial charge in [-0.2, -0.15) is 0 Å². The molecule has 1 heterocycles. The summed E-state index contributed by atoms with van der Waals surface area (Å²) in [6, 6.07) is 5.13. The van der Waals surface area contributed by atoms with Crippen molar-refractivity contribution >= 4 is 27.7 Å². The van der Waals surface area contributed by atoms with E-state index in [0.717, 1.165) is 17.3 Å². The maximum atomic E-state index is 12.7. The second-order valence-electron chi connectivity index (χ2n) is 6.20. The molecule has 2 amide bonds. The summed E-state index contributed by atoms with van der Waals surface area (Å²) in [4.78, 5) is 26.6. The molecule has 1 fully saturated rings. The van der Waals surface area contributed by atoms with Gasteiger partial charge < -0.3 is 5.11 Å². The van der Waals surface area contributed by atoms with Gasteiger partial charge in [-0.25, -0.2) is 0 Å². The molecule has 0 bridgehead atoms. The predicted molar refractivity (Wildman–Crippen MR) is 82.1 cm³/mol. The third kappa shape index (κ3) is 2.23. The molecule has 0 spiro atoms. The minimum atomic E-state index is -0.730. The van der Waals surface area contributed by atoms with E-state index in [0.29, 0.717) is 29.9 Å². The van der Waals surface area contributed by atoms with Crippen LogP contribution in [0.5, 0.6) is 0 Å². The molecule has 21 heavy (non-hydrogen) atoms. The van der Waals surface area contributed by atoms with Crippen LogP contribution in [0.1, 0.15) is 53.3 Å². The fraction of sp³-hybridized carbons (Fsp3) is 0.500. The van der Waals surface area contributed by atoms with Gasteiger partial charge in [0.2, 0.25) is 0 Å². The van der Waals surface area contributed by atoms with Crippen molar-refractivity contribution in [3.8, 4) is 0 Å². The Hall–Kier alpha value is -1.20. The second kappa shape index (κ2) is 5.21. The monoisotopic (exact) mass is 351 g/mol. The van der Waals surface area contributed by atoms with Crippen molar-refractivity contribution in [2.24, 2.45) is 5.92 Å². The summed E-state index contributed by atoms with van der Waals surface area (Å²) < 4.78 is 0.777. The number of nitrogens with zero attached hydrogens (tertiary/aromatic N) is 1. The lowest BCUT2D eigenvalue weighted by molar-refractivity contribution is 0.00611. The summed E-state index contributed by atoms with van der Waals surface area (Å²) in [6.07, 6.45) is 3.21. The first kappa shape index (κ1) is 14.7. The van der Waals surface area contributed by atoms with Gasteiger partial charge in [0.1, 0.15) is 0 Å². The number of aliphatic hydroxyl groups is 1. The molecule has 1 saturated carbocycles. The van der Waals surface area contributed by atoms with Crippen LogP contribution in [0.4, 0.5) is 0 Å². The van der Waals surface area contributed by atoms with E-state index in [1.54, 1.807) is 18.2 Å². The van der Waals surface area contributed by atoms with Crippen LogP contribution in [-0.4, -0.2) is 34.0 Å². The molecule has 0 saturated heterocycles. The van der Waals surface area contributed by atoms with Crippen LogP contribution < -0.4 is 0 Å². The Balaban J connectivity index is 2.00. The number of amides is 2. The fourth-order valence-electron chi connectivity index (χ4n) is 3.40. The SMILES string of the molecule is CC1CCC(CO)(N2C(=O)c3ccc(Br)cc3C2=O)CC1. The van der Waals surface area contributed by atoms with Gasteiger partial charge in [0.25, 0.3) is 11.8 Å². The first-order chi connectivity index (χ1) is 9.98. The lowest BCUT2D eigenvalue weighted by Crippen LogP contribution is -2.56. The Bertz CT molecular complexity index is 606. The van der Waals surface area contributed by atoms with Gasteiger partial charge in [0.05, 0.1) is 23.3 Å². The van der Waals surface area contributed by atoms with Gasteiger partial charge in [-0.05, 0) is 49.8 Å². The number of carbonyl (C=O) groups is 2. The Morgan fingerprint density at radius 2 is 1.86 bits per heavy atom. The lowest BCUT2D eigenvalue weighted by Gasteiger charge is -2.43. The molecule has 0 radical (unpaired) electrons. The van der Waals surface area contributed by atoms with E-state index in [4.69, 9.17) is 0 Å². The number of imide groups is 1. The zero-order valence-corrected chi connectivity index (χ0v) is 13.5. The number of halogens is 1. The van der Waals surface area contributed by atoms with E-state index in [9.17, 15) is 14.7 Å². The van der Waals surface area contributed by atoms with Gasteiger partial charge in [-0.15, -0.1) is 0 Å². The van der Waals surface area contributed by atoms with Gasteiger partial charge in [0.15, 0.2) is 0 Å². The number of aliphatic hydroxyl groups excluding tert-OH is 1. The van der Waals surface area contributed by atoms with E-state index in [1.165, 1.54) is 4.90 Å². The summed E-state index contributed by atoms with van der Waals surface area (Å²) in [6.45, 7) is 2.01. The highest BCUT2D eigenvalue weighted by Crippen LogP contribution is 2.40. The first-order valence-electron chi connectivity index (χ1n) is 7.28. The van der Waals surface area contributed by atoms with Crippen LogP contribution in [0.2, 0.25) is 0 Å². The van der Waals surface area contributed by atoms with Crippen molar-refractivity contribution in [3.05, 3.63) is 33.8 Å². The van der Waals surface area contributed by atoms with E-state index in [2.05, 4.69) is 22.9 Å². The fourth-order valence-corrected chi connectivity index (χ4v) is 3.76. The van der Waals surface area contributed by atoms with Crippen molar-refractivity contribution in [1.29, 1.82) is 0 Å². The molecule has 0 unspecified atom stereocenters. The normalized spacial score (nSPS) is 28.9. The topological polar surface area (TPSA) is 57.6 Å². The van der Waals surface area contributed by atoms with Crippen molar-refractivity contribution in [2.75, 3.05) is 6.61 Å². The molecule has 5 heteroatoms. The molecule has 4 nitrogen and oxygen atoms in total. The smallest absolute Gasteiger partial charge is 0.262 e. The van der Waals surface area contributed by atoms with Gasteiger partial charge in [0, 0.05) is 4.47 Å². The number of rotatable bonds is 2. The van der Waals surface area contributed by atoms with Crippen LogP contribution in [0, 0.1) is 5.92 Å². The van der Waals surface area contributed by atoms with Crippen LogP contribution in [0.15, 0.2) is 22.7 Å². The molecular formula is C16H18BrNO3. The average molecular weight is 352 g/mol. The number of benzene rings is 1. The van der Waals surface area contributed by atoms with E-state index in [-0.39, 0.29) is 18.4 Å². The molecule has 1 aromatic rings. The van der Waals surface area contributed by atoms with Crippen molar-refractivity contribution in [1.82, 2.24) is 4.90 Å². The molecule has 1 aliphatic carbocycles. The van der Waals surface area contributed by atoms with Crippen LogP contribution in [-0.2, 0) is 0 Å². The number of hydrogen-bond acceptors (Lipinski definition) is 3. The van der Waals surface area contributed by atoms with Crippen molar-refractivity contribution < 1.29 is 14.7 Å². The van der Waals surface area contributed by atoms with Gasteiger partial charge in [-0.3, -0.25) is 14.5 Å². The highest BCUT2D eigenvalue weighted by Gasteiger charge is 2.49. The summed E-state index contributed by atoms with van der Waals surface area (Å²) in [7, 11) is 0. The Kier molecular flexibility index (Phi) is 3.66. The third-order valence-corrected chi connectivity index (χ3v) is 5.32. The molecule has 1 aliphatic heterocycles. The van der Waals surface area contributed by atoms with Crippen molar-refractivity contribution in [3.63, 3.8) is 0 Å². The zero-order chi connectivity index (χ0) is 15.2. The van der Waals surface area contributed by atoms with Gasteiger partial charge in [-0.1, -0.05) is 22.9 Å². The molecule has 0 aromatic heterocycles. The van der Waals surface area contributed by atoms with E-state index >= 15 is 0 Å². The third-order valence-electron chi connectivity index (χ3n) is 4.82. The standard InChI is InChI=1S/C16H18BrNO3/c1-10-4-6-16(9-19,7-5-10)18-14(20)12-3-2-11(17)8-13(12)15(18)21/h2-3,8,10,19H,4-7,9H2,1H3. The van der Waals surface area contributed by atoms with Crippen LogP contribution in [0.3, 0.4) is 0 Å². The molecule has 1 N–H and O–H groups in total. The predicted octanol–water partition coefficient (Wildman–Crippen LogP) is 2.99. The molecule has 0 atom stereocenters. The summed E-state index contributed by atoms with van der Waals surface area (Å²) >= 11 is 3.34.